The normalized spacial score (nSPS) is 16.6. The number of aromatic nitrogens is 4. The largest absolute Gasteiger partial charge is 0.342 e. The first-order valence-corrected chi connectivity index (χ1v) is 6.89. The van der Waals surface area contributed by atoms with Gasteiger partial charge in [0.2, 0.25) is 5.78 Å². The van der Waals surface area contributed by atoms with Crippen molar-refractivity contribution >= 4 is 5.78 Å². The summed E-state index contributed by atoms with van der Waals surface area (Å²) in [5.74, 6) is 0.395. The third-order valence-corrected chi connectivity index (χ3v) is 3.72. The average molecular weight is 258 g/mol. The summed E-state index contributed by atoms with van der Waals surface area (Å²) in [5.41, 5.74) is 0.826. The van der Waals surface area contributed by atoms with Gasteiger partial charge in [0.05, 0.1) is 18.2 Å². The number of H-pyrrole nitrogens is 1. The van der Waals surface area contributed by atoms with Gasteiger partial charge in [-0.1, -0.05) is 19.3 Å². The summed E-state index contributed by atoms with van der Waals surface area (Å²) in [4.78, 5) is 18.7. The van der Waals surface area contributed by atoms with Gasteiger partial charge in [0.25, 0.3) is 0 Å². The van der Waals surface area contributed by atoms with Crippen molar-refractivity contribution in [1.29, 1.82) is 0 Å². The van der Waals surface area contributed by atoms with Gasteiger partial charge in [-0.3, -0.25) is 9.48 Å². The van der Waals surface area contributed by atoms with Crippen molar-refractivity contribution in [3.8, 4) is 0 Å². The molecule has 2 heterocycles. The Morgan fingerprint density at radius 2 is 2.21 bits per heavy atom. The minimum atomic E-state index is -0.0149. The molecule has 1 aliphatic rings. The van der Waals surface area contributed by atoms with E-state index >= 15 is 0 Å². The molecule has 1 saturated carbocycles. The molecular formula is C14H18N4O. The zero-order valence-electron chi connectivity index (χ0n) is 10.9. The highest BCUT2D eigenvalue weighted by Gasteiger charge is 2.17. The standard InChI is InChI=1S/C14H18N4O/c19-13(14-15-7-8-16-14)10-11-6-9-18(17-11)12-4-2-1-3-5-12/h6-9,12H,1-5,10H2,(H,15,16). The lowest BCUT2D eigenvalue weighted by Crippen LogP contribution is -2.14. The molecule has 100 valence electrons. The molecule has 0 amide bonds. The lowest BCUT2D eigenvalue weighted by Gasteiger charge is -2.21. The van der Waals surface area contributed by atoms with Crippen molar-refractivity contribution in [1.82, 2.24) is 19.7 Å². The number of rotatable bonds is 4. The fourth-order valence-corrected chi connectivity index (χ4v) is 2.69. The number of carbonyl (C=O) groups excluding carboxylic acids is 1. The third-order valence-electron chi connectivity index (χ3n) is 3.72. The van der Waals surface area contributed by atoms with Crippen LogP contribution in [0, 0.1) is 0 Å². The zero-order chi connectivity index (χ0) is 13.1. The molecule has 0 radical (unpaired) electrons. The number of nitrogens with zero attached hydrogens (tertiary/aromatic N) is 3. The highest BCUT2D eigenvalue weighted by molar-refractivity contribution is 5.93. The predicted octanol–water partition coefficient (Wildman–Crippen LogP) is 2.54. The summed E-state index contributed by atoms with van der Waals surface area (Å²) in [5, 5.41) is 4.54. The van der Waals surface area contributed by atoms with E-state index in [-0.39, 0.29) is 5.78 Å². The zero-order valence-corrected chi connectivity index (χ0v) is 10.9. The van der Waals surface area contributed by atoms with Crippen LogP contribution < -0.4 is 0 Å². The molecule has 1 N–H and O–H groups in total. The molecule has 0 spiro atoms. The van der Waals surface area contributed by atoms with E-state index in [1.807, 2.05) is 16.9 Å². The van der Waals surface area contributed by atoms with Gasteiger partial charge in [0.1, 0.15) is 0 Å². The molecule has 0 atom stereocenters. The average Bonchev–Trinajstić information content (AvgIpc) is 3.11. The van der Waals surface area contributed by atoms with E-state index in [0.29, 0.717) is 18.3 Å². The van der Waals surface area contributed by atoms with Crippen molar-refractivity contribution in [2.45, 2.75) is 44.6 Å². The first-order valence-electron chi connectivity index (χ1n) is 6.89. The molecule has 19 heavy (non-hydrogen) atoms. The van der Waals surface area contributed by atoms with Crippen LogP contribution in [-0.2, 0) is 6.42 Å². The van der Waals surface area contributed by atoms with Crippen LogP contribution in [0.5, 0.6) is 0 Å². The summed E-state index contributed by atoms with van der Waals surface area (Å²) in [6.45, 7) is 0. The van der Waals surface area contributed by atoms with Crippen molar-refractivity contribution in [3.63, 3.8) is 0 Å². The number of carbonyl (C=O) groups is 1. The molecule has 0 aromatic carbocycles. The smallest absolute Gasteiger partial charge is 0.204 e. The van der Waals surface area contributed by atoms with Gasteiger partial charge in [-0.2, -0.15) is 5.10 Å². The summed E-state index contributed by atoms with van der Waals surface area (Å²) >= 11 is 0. The quantitative estimate of drug-likeness (QED) is 0.857. The molecule has 3 rings (SSSR count). The molecule has 0 bridgehead atoms. The molecule has 0 unspecified atom stereocenters. The fourth-order valence-electron chi connectivity index (χ4n) is 2.69. The van der Waals surface area contributed by atoms with Crippen LogP contribution in [0.3, 0.4) is 0 Å². The van der Waals surface area contributed by atoms with Gasteiger partial charge < -0.3 is 4.98 Å². The first-order chi connectivity index (χ1) is 9.33. The minimum absolute atomic E-state index is 0.0149. The van der Waals surface area contributed by atoms with E-state index in [2.05, 4.69) is 15.1 Å². The Hall–Kier alpha value is -1.91. The van der Waals surface area contributed by atoms with E-state index in [1.54, 1.807) is 12.4 Å². The molecule has 1 fully saturated rings. The Kier molecular flexibility index (Phi) is 3.44. The Bertz CT molecular complexity index is 538. The summed E-state index contributed by atoms with van der Waals surface area (Å²) in [6.07, 6.45) is 11.9. The molecule has 0 aliphatic heterocycles. The Morgan fingerprint density at radius 1 is 1.37 bits per heavy atom. The van der Waals surface area contributed by atoms with Crippen LogP contribution in [0.2, 0.25) is 0 Å². The topological polar surface area (TPSA) is 63.6 Å². The van der Waals surface area contributed by atoms with Gasteiger partial charge in [-0.25, -0.2) is 4.98 Å². The molecule has 2 aromatic heterocycles. The van der Waals surface area contributed by atoms with E-state index < -0.39 is 0 Å². The number of nitrogens with one attached hydrogen (secondary N) is 1. The molecule has 1 aliphatic carbocycles. The maximum Gasteiger partial charge on any atom is 0.204 e. The maximum atomic E-state index is 11.9. The van der Waals surface area contributed by atoms with Gasteiger partial charge in [-0.15, -0.1) is 0 Å². The summed E-state index contributed by atoms with van der Waals surface area (Å²) in [6, 6.07) is 2.45. The van der Waals surface area contributed by atoms with Crippen molar-refractivity contribution < 1.29 is 4.79 Å². The summed E-state index contributed by atoms with van der Waals surface area (Å²) in [7, 11) is 0. The van der Waals surface area contributed by atoms with Crippen molar-refractivity contribution in [2.75, 3.05) is 0 Å². The number of hydrogen-bond acceptors (Lipinski definition) is 3. The lowest BCUT2D eigenvalue weighted by molar-refractivity contribution is 0.0982. The summed E-state index contributed by atoms with van der Waals surface area (Å²) < 4.78 is 2.03. The van der Waals surface area contributed by atoms with E-state index in [0.717, 1.165) is 5.69 Å². The van der Waals surface area contributed by atoms with Crippen LogP contribution in [0.15, 0.2) is 24.7 Å². The second kappa shape index (κ2) is 5.38. The van der Waals surface area contributed by atoms with E-state index in [9.17, 15) is 4.79 Å². The number of ketones is 1. The minimum Gasteiger partial charge on any atom is -0.342 e. The predicted molar refractivity (Wildman–Crippen MR) is 71.0 cm³/mol. The monoisotopic (exact) mass is 258 g/mol. The molecule has 0 saturated heterocycles. The number of hydrogen-bond donors (Lipinski definition) is 1. The number of Topliss-reactive ketones (excluding diaryl/α,β-unsaturated/α-hetero) is 1. The van der Waals surface area contributed by atoms with Gasteiger partial charge in [0, 0.05) is 18.6 Å². The lowest BCUT2D eigenvalue weighted by atomic mass is 9.96. The molecule has 2 aromatic rings. The first kappa shape index (κ1) is 12.1. The van der Waals surface area contributed by atoms with Gasteiger partial charge in [-0.05, 0) is 18.9 Å². The second-order valence-corrected chi connectivity index (χ2v) is 5.12. The van der Waals surface area contributed by atoms with Crippen LogP contribution in [0.25, 0.3) is 0 Å². The number of aromatic amines is 1. The molecule has 5 heteroatoms. The van der Waals surface area contributed by atoms with Gasteiger partial charge in [0.15, 0.2) is 5.82 Å². The van der Waals surface area contributed by atoms with E-state index in [1.165, 1.54) is 32.1 Å². The van der Waals surface area contributed by atoms with Crippen LogP contribution in [0.4, 0.5) is 0 Å². The molecule has 5 nitrogen and oxygen atoms in total. The highest BCUT2D eigenvalue weighted by Crippen LogP contribution is 2.27. The Morgan fingerprint density at radius 3 is 2.95 bits per heavy atom. The molecular weight excluding hydrogens is 240 g/mol. The van der Waals surface area contributed by atoms with Crippen molar-refractivity contribution in [3.05, 3.63) is 36.2 Å². The van der Waals surface area contributed by atoms with Crippen LogP contribution in [0.1, 0.15) is 54.5 Å². The van der Waals surface area contributed by atoms with E-state index in [4.69, 9.17) is 0 Å². The van der Waals surface area contributed by atoms with Crippen LogP contribution >= 0.6 is 0 Å². The van der Waals surface area contributed by atoms with Gasteiger partial charge >= 0.3 is 0 Å². The highest BCUT2D eigenvalue weighted by atomic mass is 16.1. The SMILES string of the molecule is O=C(Cc1ccn(C2CCCCC2)n1)c1ncc[nH]1. The second-order valence-electron chi connectivity index (χ2n) is 5.12. The fraction of sp³-hybridized carbons (Fsp3) is 0.500. The number of imidazole rings is 1. The Labute approximate surface area is 112 Å². The Balaban J connectivity index is 1.66. The maximum absolute atomic E-state index is 11.9. The third kappa shape index (κ3) is 2.75. The van der Waals surface area contributed by atoms with Crippen molar-refractivity contribution in [2.24, 2.45) is 0 Å². The van der Waals surface area contributed by atoms with Crippen LogP contribution in [-0.4, -0.2) is 25.5 Å².